The molecule has 2 aromatic carbocycles. The number of carbonyl (C=O) groups excluding carboxylic acids is 2. The fraction of sp³-hybridized carbons (Fsp3) is 0.440. The summed E-state index contributed by atoms with van der Waals surface area (Å²) in [5, 5.41) is 2.45. The van der Waals surface area contributed by atoms with Gasteiger partial charge in [-0.2, -0.15) is 0 Å². The Bertz CT molecular complexity index is 1000. The zero-order chi connectivity index (χ0) is 24.9. The minimum atomic E-state index is -0.979. The highest BCUT2D eigenvalue weighted by atomic mass is 19.1. The molecule has 1 N–H and O–H groups in total. The molecule has 0 bridgehead atoms. The maximum atomic E-state index is 13.9. The number of aryl methyl sites for hydroxylation is 1. The van der Waals surface area contributed by atoms with Gasteiger partial charge in [0.15, 0.2) is 0 Å². The number of halogens is 2. The van der Waals surface area contributed by atoms with Crippen molar-refractivity contribution in [2.75, 3.05) is 7.11 Å². The van der Waals surface area contributed by atoms with Gasteiger partial charge in [-0.1, -0.05) is 18.2 Å². The van der Waals surface area contributed by atoms with Crippen LogP contribution in [0, 0.1) is 18.6 Å². The van der Waals surface area contributed by atoms with Gasteiger partial charge < -0.3 is 19.5 Å². The van der Waals surface area contributed by atoms with Crippen LogP contribution in [-0.4, -0.2) is 36.9 Å². The van der Waals surface area contributed by atoms with Gasteiger partial charge >= 0.3 is 12.1 Å². The first-order valence-electron chi connectivity index (χ1n) is 10.6. The summed E-state index contributed by atoms with van der Waals surface area (Å²) in [5.74, 6) is -1.85. The topological polar surface area (TPSA) is 73.9 Å². The summed E-state index contributed by atoms with van der Waals surface area (Å²) in [5.41, 5.74) is 0.924. The number of hydrogen-bond donors (Lipinski definition) is 1. The van der Waals surface area contributed by atoms with E-state index in [0.717, 1.165) is 0 Å². The second-order valence-corrected chi connectivity index (χ2v) is 8.88. The van der Waals surface area contributed by atoms with Crippen LogP contribution < -0.4 is 10.1 Å². The third-order valence-electron chi connectivity index (χ3n) is 4.93. The molecule has 0 heterocycles. The molecule has 0 fully saturated rings. The lowest BCUT2D eigenvalue weighted by molar-refractivity contribution is -0.150. The number of methoxy groups -OCH3 is 1. The molecule has 0 unspecified atom stereocenters. The first-order valence-corrected chi connectivity index (χ1v) is 10.6. The van der Waals surface area contributed by atoms with Crippen molar-refractivity contribution in [3.05, 3.63) is 64.7 Å². The third kappa shape index (κ3) is 7.17. The molecule has 0 radical (unpaired) electrons. The first kappa shape index (κ1) is 26.1. The molecule has 3 atom stereocenters. The molecule has 0 aliphatic heterocycles. The number of esters is 1. The number of carbonyl (C=O) groups is 2. The number of benzene rings is 2. The Kier molecular flexibility index (Phi) is 8.41. The molecule has 0 aliphatic carbocycles. The van der Waals surface area contributed by atoms with Crippen molar-refractivity contribution in [2.45, 2.75) is 65.2 Å². The van der Waals surface area contributed by atoms with E-state index in [9.17, 15) is 18.4 Å². The van der Waals surface area contributed by atoms with E-state index in [4.69, 9.17) is 14.2 Å². The number of amides is 1. The van der Waals surface area contributed by atoms with Crippen LogP contribution in [0.4, 0.5) is 13.6 Å². The van der Waals surface area contributed by atoms with Crippen LogP contribution in [0.2, 0.25) is 0 Å². The van der Waals surface area contributed by atoms with Gasteiger partial charge in [-0.15, -0.1) is 0 Å². The summed E-state index contributed by atoms with van der Waals surface area (Å²) in [4.78, 5) is 24.7. The number of alkyl carbamates (subject to hydrolysis) is 1. The van der Waals surface area contributed by atoms with Crippen LogP contribution in [0.5, 0.6) is 5.75 Å². The number of rotatable bonds is 7. The molecular formula is C25H31F2NO5. The molecular weight excluding hydrogens is 432 g/mol. The van der Waals surface area contributed by atoms with Gasteiger partial charge in [0.1, 0.15) is 35.1 Å². The van der Waals surface area contributed by atoms with Gasteiger partial charge in [0.25, 0.3) is 0 Å². The maximum Gasteiger partial charge on any atom is 0.408 e. The van der Waals surface area contributed by atoms with Gasteiger partial charge in [-0.25, -0.2) is 18.4 Å². The van der Waals surface area contributed by atoms with Crippen LogP contribution >= 0.6 is 0 Å². The molecule has 0 saturated carbocycles. The summed E-state index contributed by atoms with van der Waals surface area (Å²) in [6.45, 7) is 9.91. The van der Waals surface area contributed by atoms with Crippen molar-refractivity contribution in [1.29, 1.82) is 0 Å². The van der Waals surface area contributed by atoms with Crippen LogP contribution in [0.3, 0.4) is 0 Å². The van der Waals surface area contributed by atoms with E-state index in [-0.39, 0.29) is 11.6 Å². The Morgan fingerprint density at radius 1 is 1.03 bits per heavy atom. The molecule has 2 aromatic rings. The lowest BCUT2D eigenvalue weighted by atomic mass is 9.85. The largest absolute Gasteiger partial charge is 0.496 e. The minimum absolute atomic E-state index is 0.268. The summed E-state index contributed by atoms with van der Waals surface area (Å²) in [6, 6.07) is 7.65. The Morgan fingerprint density at radius 3 is 2.27 bits per heavy atom. The van der Waals surface area contributed by atoms with Crippen LogP contribution in [0.25, 0.3) is 0 Å². The van der Waals surface area contributed by atoms with E-state index in [1.165, 1.54) is 32.2 Å². The van der Waals surface area contributed by atoms with E-state index < -0.39 is 41.5 Å². The standard InChI is InChI=1S/C25H31F2NO5/c1-14-12-17(8-11-20(14)27)22(19-10-9-18(26)13-21(19)31-7)16(3)32-23(29)15(2)28-24(30)33-25(4,5)6/h8-13,15-16,22H,1-7H3,(H,28,30)/t15-,16-,22+/m0/s1. The summed E-state index contributed by atoms with van der Waals surface area (Å²) in [6.07, 6.45) is -1.50. The summed E-state index contributed by atoms with van der Waals surface area (Å²) in [7, 11) is 1.41. The zero-order valence-corrected chi connectivity index (χ0v) is 20.0. The van der Waals surface area contributed by atoms with Gasteiger partial charge in [-0.05, 0) is 64.8 Å². The number of nitrogens with one attached hydrogen (secondary N) is 1. The van der Waals surface area contributed by atoms with Crippen LogP contribution in [0.15, 0.2) is 36.4 Å². The lowest BCUT2D eigenvalue weighted by Gasteiger charge is -2.28. The van der Waals surface area contributed by atoms with Crippen molar-refractivity contribution in [3.8, 4) is 5.75 Å². The Labute approximate surface area is 193 Å². The fourth-order valence-corrected chi connectivity index (χ4v) is 3.40. The predicted molar refractivity (Wildman–Crippen MR) is 120 cm³/mol. The number of hydrogen-bond acceptors (Lipinski definition) is 5. The average Bonchev–Trinajstić information content (AvgIpc) is 2.70. The predicted octanol–water partition coefficient (Wildman–Crippen LogP) is 5.26. The average molecular weight is 464 g/mol. The highest BCUT2D eigenvalue weighted by molar-refractivity contribution is 5.81. The molecule has 0 aromatic heterocycles. The lowest BCUT2D eigenvalue weighted by Crippen LogP contribution is -2.43. The zero-order valence-electron chi connectivity index (χ0n) is 20.0. The van der Waals surface area contributed by atoms with E-state index in [1.807, 2.05) is 0 Å². The monoisotopic (exact) mass is 463 g/mol. The van der Waals surface area contributed by atoms with Crippen molar-refractivity contribution in [3.63, 3.8) is 0 Å². The van der Waals surface area contributed by atoms with Crippen molar-refractivity contribution >= 4 is 12.1 Å². The molecule has 1 amide bonds. The molecule has 180 valence electrons. The molecule has 33 heavy (non-hydrogen) atoms. The van der Waals surface area contributed by atoms with E-state index in [2.05, 4.69) is 5.32 Å². The van der Waals surface area contributed by atoms with E-state index in [1.54, 1.807) is 52.8 Å². The smallest absolute Gasteiger partial charge is 0.408 e. The molecule has 0 aliphatic rings. The van der Waals surface area contributed by atoms with Gasteiger partial charge in [0.2, 0.25) is 0 Å². The van der Waals surface area contributed by atoms with Crippen LogP contribution in [-0.2, 0) is 14.3 Å². The molecule has 8 heteroatoms. The summed E-state index contributed by atoms with van der Waals surface area (Å²) >= 11 is 0. The maximum absolute atomic E-state index is 13.9. The van der Waals surface area contributed by atoms with Gasteiger partial charge in [-0.3, -0.25) is 0 Å². The van der Waals surface area contributed by atoms with E-state index >= 15 is 0 Å². The Balaban J connectivity index is 2.32. The van der Waals surface area contributed by atoms with Crippen molar-refractivity contribution in [2.24, 2.45) is 0 Å². The van der Waals surface area contributed by atoms with Crippen molar-refractivity contribution < 1.29 is 32.6 Å². The SMILES string of the molecule is COc1cc(F)ccc1[C@@H](c1ccc(F)c(C)c1)[C@H](C)OC(=O)[C@H](C)NC(=O)OC(C)(C)C. The quantitative estimate of drug-likeness (QED) is 0.567. The van der Waals surface area contributed by atoms with Crippen LogP contribution in [0.1, 0.15) is 57.2 Å². The Morgan fingerprint density at radius 2 is 1.70 bits per heavy atom. The first-order chi connectivity index (χ1) is 15.3. The molecule has 2 rings (SSSR count). The molecule has 6 nitrogen and oxygen atoms in total. The second kappa shape index (κ2) is 10.6. The highest BCUT2D eigenvalue weighted by Gasteiger charge is 2.30. The second-order valence-electron chi connectivity index (χ2n) is 8.88. The molecule has 0 spiro atoms. The van der Waals surface area contributed by atoms with E-state index in [0.29, 0.717) is 16.7 Å². The Hall–Kier alpha value is -3.16. The molecule has 0 saturated heterocycles. The fourth-order valence-electron chi connectivity index (χ4n) is 3.40. The van der Waals surface area contributed by atoms with Gasteiger partial charge in [0.05, 0.1) is 7.11 Å². The third-order valence-corrected chi connectivity index (χ3v) is 4.93. The van der Waals surface area contributed by atoms with Crippen molar-refractivity contribution in [1.82, 2.24) is 5.32 Å². The number of ether oxygens (including phenoxy) is 3. The van der Waals surface area contributed by atoms with Gasteiger partial charge in [0, 0.05) is 17.5 Å². The normalized spacial score (nSPS) is 14.1. The highest BCUT2D eigenvalue weighted by Crippen LogP contribution is 2.37. The summed E-state index contributed by atoms with van der Waals surface area (Å²) < 4.78 is 43.9. The minimum Gasteiger partial charge on any atom is -0.496 e.